The fourth-order valence-corrected chi connectivity index (χ4v) is 4.34. The Morgan fingerprint density at radius 1 is 1.13 bits per heavy atom. The summed E-state index contributed by atoms with van der Waals surface area (Å²) in [6.07, 6.45) is 1.83. The van der Waals surface area contributed by atoms with Gasteiger partial charge in [0, 0.05) is 13.0 Å². The molecule has 7 nitrogen and oxygen atoms in total. The lowest BCUT2D eigenvalue weighted by molar-refractivity contribution is -0.121. The predicted molar refractivity (Wildman–Crippen MR) is 117 cm³/mol. The number of benzene rings is 2. The molecule has 1 heterocycles. The van der Waals surface area contributed by atoms with Gasteiger partial charge in [-0.05, 0) is 55.7 Å². The van der Waals surface area contributed by atoms with Crippen molar-refractivity contribution in [2.45, 2.75) is 32.7 Å². The standard InChI is InChI=1S/C22H28N2O5S/c1-16-6-4-7-19(14-16)24(30(3,26)27)11-5-8-22(25)23-17(2)18-9-10-20-21(15-18)29-13-12-28-20/h4,6-7,9-10,14-15,17H,5,8,11-13H2,1-3H3,(H,23,25)/t17-/m0/s1. The number of aryl methyl sites for hydroxylation is 1. The van der Waals surface area contributed by atoms with Crippen LogP contribution >= 0.6 is 0 Å². The second kappa shape index (κ2) is 9.38. The quantitative estimate of drug-likeness (QED) is 0.693. The molecule has 1 aliphatic rings. The van der Waals surface area contributed by atoms with E-state index in [0.29, 0.717) is 36.8 Å². The lowest BCUT2D eigenvalue weighted by Crippen LogP contribution is -2.32. The van der Waals surface area contributed by atoms with Gasteiger partial charge >= 0.3 is 0 Å². The first-order valence-electron chi connectivity index (χ1n) is 9.97. The van der Waals surface area contributed by atoms with E-state index in [2.05, 4.69) is 5.32 Å². The molecule has 2 aromatic carbocycles. The molecule has 162 valence electrons. The van der Waals surface area contributed by atoms with Crippen LogP contribution in [0.4, 0.5) is 5.69 Å². The summed E-state index contributed by atoms with van der Waals surface area (Å²) in [6, 6.07) is 12.8. The molecule has 0 radical (unpaired) electrons. The monoisotopic (exact) mass is 432 g/mol. The summed E-state index contributed by atoms with van der Waals surface area (Å²) in [4.78, 5) is 12.4. The Labute approximate surface area is 178 Å². The fourth-order valence-electron chi connectivity index (χ4n) is 3.38. The molecule has 1 atom stereocenters. The molecule has 1 N–H and O–H groups in total. The third-order valence-electron chi connectivity index (χ3n) is 4.90. The van der Waals surface area contributed by atoms with Crippen molar-refractivity contribution < 1.29 is 22.7 Å². The van der Waals surface area contributed by atoms with Crippen molar-refractivity contribution in [2.75, 3.05) is 30.3 Å². The first-order valence-corrected chi connectivity index (χ1v) is 11.8. The van der Waals surface area contributed by atoms with E-state index in [9.17, 15) is 13.2 Å². The normalized spacial score (nSPS) is 14.1. The molecular weight excluding hydrogens is 404 g/mol. The third kappa shape index (κ3) is 5.66. The highest BCUT2D eigenvalue weighted by Gasteiger charge is 2.19. The molecule has 3 rings (SSSR count). The number of nitrogens with one attached hydrogen (secondary N) is 1. The number of carbonyl (C=O) groups is 1. The maximum Gasteiger partial charge on any atom is 0.232 e. The number of fused-ring (bicyclic) bond motifs is 1. The van der Waals surface area contributed by atoms with Gasteiger partial charge < -0.3 is 14.8 Å². The van der Waals surface area contributed by atoms with Crippen molar-refractivity contribution in [3.8, 4) is 11.5 Å². The van der Waals surface area contributed by atoms with Gasteiger partial charge in [0.2, 0.25) is 15.9 Å². The molecule has 8 heteroatoms. The second-order valence-electron chi connectivity index (χ2n) is 7.47. The van der Waals surface area contributed by atoms with E-state index in [-0.39, 0.29) is 24.9 Å². The minimum absolute atomic E-state index is 0.130. The Hall–Kier alpha value is -2.74. The second-order valence-corrected chi connectivity index (χ2v) is 9.38. The number of rotatable bonds is 8. The van der Waals surface area contributed by atoms with E-state index in [4.69, 9.17) is 9.47 Å². The molecule has 0 saturated heterocycles. The first-order chi connectivity index (χ1) is 14.2. The SMILES string of the molecule is Cc1cccc(N(CCCC(=O)N[C@@H](C)c2ccc3c(c2)OCCO3)S(C)(=O)=O)c1. The van der Waals surface area contributed by atoms with Crippen LogP contribution in [-0.4, -0.2) is 40.3 Å². The van der Waals surface area contributed by atoms with Crippen molar-refractivity contribution in [1.82, 2.24) is 5.32 Å². The number of carbonyl (C=O) groups excluding carboxylic acids is 1. The van der Waals surface area contributed by atoms with Crippen molar-refractivity contribution in [2.24, 2.45) is 0 Å². The fraction of sp³-hybridized carbons (Fsp3) is 0.409. The Morgan fingerprint density at radius 2 is 1.87 bits per heavy atom. The Bertz CT molecular complexity index is 1010. The zero-order valence-corrected chi connectivity index (χ0v) is 18.4. The molecule has 30 heavy (non-hydrogen) atoms. The number of hydrogen-bond acceptors (Lipinski definition) is 5. The summed E-state index contributed by atoms with van der Waals surface area (Å²) in [7, 11) is -3.43. The molecule has 0 spiro atoms. The smallest absolute Gasteiger partial charge is 0.232 e. The van der Waals surface area contributed by atoms with Crippen molar-refractivity contribution in [3.63, 3.8) is 0 Å². The van der Waals surface area contributed by atoms with Crippen LogP contribution in [0.2, 0.25) is 0 Å². The summed E-state index contributed by atoms with van der Waals surface area (Å²) in [5.41, 5.74) is 2.51. The van der Waals surface area contributed by atoms with E-state index in [1.54, 1.807) is 6.07 Å². The zero-order valence-electron chi connectivity index (χ0n) is 17.6. The van der Waals surface area contributed by atoms with Crippen LogP contribution in [0.25, 0.3) is 0 Å². The zero-order chi connectivity index (χ0) is 21.7. The van der Waals surface area contributed by atoms with E-state index in [1.807, 2.05) is 50.2 Å². The Morgan fingerprint density at radius 3 is 2.57 bits per heavy atom. The van der Waals surface area contributed by atoms with Crippen LogP contribution in [0.5, 0.6) is 11.5 Å². The molecule has 0 aromatic heterocycles. The van der Waals surface area contributed by atoms with E-state index in [1.165, 1.54) is 10.6 Å². The molecule has 2 aromatic rings. The van der Waals surface area contributed by atoms with Crippen LogP contribution in [0.15, 0.2) is 42.5 Å². The summed E-state index contributed by atoms with van der Waals surface area (Å²) in [6.45, 7) is 5.10. The van der Waals surface area contributed by atoms with Crippen LogP contribution < -0.4 is 19.1 Å². The maximum atomic E-state index is 12.4. The highest BCUT2D eigenvalue weighted by molar-refractivity contribution is 7.92. The topological polar surface area (TPSA) is 84.9 Å². The average Bonchev–Trinajstić information content (AvgIpc) is 2.69. The van der Waals surface area contributed by atoms with Gasteiger partial charge in [-0.1, -0.05) is 18.2 Å². The van der Waals surface area contributed by atoms with Gasteiger partial charge in [-0.3, -0.25) is 9.10 Å². The van der Waals surface area contributed by atoms with Gasteiger partial charge in [0.25, 0.3) is 0 Å². The number of hydrogen-bond donors (Lipinski definition) is 1. The molecule has 0 saturated carbocycles. The summed E-state index contributed by atoms with van der Waals surface area (Å²) in [5, 5.41) is 2.96. The summed E-state index contributed by atoms with van der Waals surface area (Å²) < 4.78 is 36.9. The Kier molecular flexibility index (Phi) is 6.87. The number of sulfonamides is 1. The van der Waals surface area contributed by atoms with Gasteiger partial charge in [-0.25, -0.2) is 8.42 Å². The Balaban J connectivity index is 1.55. The van der Waals surface area contributed by atoms with Gasteiger partial charge in [0.1, 0.15) is 13.2 Å². The van der Waals surface area contributed by atoms with Crippen molar-refractivity contribution in [3.05, 3.63) is 53.6 Å². The number of ether oxygens (including phenoxy) is 2. The average molecular weight is 433 g/mol. The van der Waals surface area contributed by atoms with Crippen LogP contribution in [0.1, 0.15) is 36.9 Å². The molecule has 1 amide bonds. The minimum Gasteiger partial charge on any atom is -0.486 e. The van der Waals surface area contributed by atoms with Crippen LogP contribution in [-0.2, 0) is 14.8 Å². The number of nitrogens with zero attached hydrogens (tertiary/aromatic N) is 1. The van der Waals surface area contributed by atoms with Gasteiger partial charge in [-0.15, -0.1) is 0 Å². The van der Waals surface area contributed by atoms with Gasteiger partial charge in [0.05, 0.1) is 18.0 Å². The minimum atomic E-state index is -3.43. The predicted octanol–water partition coefficient (Wildman–Crippen LogP) is 3.19. The lowest BCUT2D eigenvalue weighted by atomic mass is 10.1. The lowest BCUT2D eigenvalue weighted by Gasteiger charge is -2.23. The van der Waals surface area contributed by atoms with Crippen LogP contribution in [0.3, 0.4) is 0 Å². The summed E-state index contributed by atoms with van der Waals surface area (Å²) >= 11 is 0. The van der Waals surface area contributed by atoms with E-state index >= 15 is 0 Å². The molecule has 0 aliphatic carbocycles. The number of amides is 1. The van der Waals surface area contributed by atoms with E-state index < -0.39 is 10.0 Å². The molecule has 1 aliphatic heterocycles. The van der Waals surface area contributed by atoms with Gasteiger partial charge in [0.15, 0.2) is 11.5 Å². The van der Waals surface area contributed by atoms with Crippen molar-refractivity contribution >= 4 is 21.6 Å². The third-order valence-corrected chi connectivity index (χ3v) is 6.09. The van der Waals surface area contributed by atoms with Crippen molar-refractivity contribution in [1.29, 1.82) is 0 Å². The molecule has 0 fully saturated rings. The molecular formula is C22H28N2O5S. The molecule has 0 unspecified atom stereocenters. The highest BCUT2D eigenvalue weighted by atomic mass is 32.2. The van der Waals surface area contributed by atoms with Crippen LogP contribution in [0, 0.1) is 6.92 Å². The maximum absolute atomic E-state index is 12.4. The summed E-state index contributed by atoms with van der Waals surface area (Å²) in [5.74, 6) is 1.26. The van der Waals surface area contributed by atoms with Gasteiger partial charge in [-0.2, -0.15) is 0 Å². The largest absolute Gasteiger partial charge is 0.486 e. The first kappa shape index (κ1) is 22.0. The van der Waals surface area contributed by atoms with E-state index in [0.717, 1.165) is 11.1 Å². The number of anilines is 1. The highest BCUT2D eigenvalue weighted by Crippen LogP contribution is 2.32. The molecule has 0 bridgehead atoms.